The van der Waals surface area contributed by atoms with Crippen molar-refractivity contribution in [1.82, 2.24) is 4.90 Å². The molecule has 4 heteroatoms. The molecule has 2 aromatic rings. The van der Waals surface area contributed by atoms with Crippen molar-refractivity contribution in [3.63, 3.8) is 0 Å². The molecule has 31 heavy (non-hydrogen) atoms. The average molecular weight is 421 g/mol. The predicted octanol–water partition coefficient (Wildman–Crippen LogP) is 5.75. The van der Waals surface area contributed by atoms with Crippen LogP contribution in [-0.4, -0.2) is 30.9 Å². The predicted molar refractivity (Wildman–Crippen MR) is 129 cm³/mol. The van der Waals surface area contributed by atoms with Gasteiger partial charge in [-0.3, -0.25) is 9.69 Å². The topological polar surface area (TPSA) is 55.6 Å². The molecule has 1 aliphatic rings. The Morgan fingerprint density at radius 3 is 2.61 bits per heavy atom. The van der Waals surface area contributed by atoms with Crippen LogP contribution in [0.5, 0.6) is 5.75 Å². The Labute approximate surface area is 187 Å². The van der Waals surface area contributed by atoms with E-state index in [1.165, 1.54) is 25.7 Å². The Balaban J connectivity index is 1.74. The van der Waals surface area contributed by atoms with Crippen LogP contribution in [0.1, 0.15) is 65.6 Å². The van der Waals surface area contributed by atoms with E-state index in [0.29, 0.717) is 11.3 Å². The maximum absolute atomic E-state index is 13.3. The number of carbonyl (C=O) groups excluding carboxylic acids is 1. The molecule has 0 amide bonds. The summed E-state index contributed by atoms with van der Waals surface area (Å²) < 4.78 is 5.67. The Morgan fingerprint density at radius 2 is 2.00 bits per heavy atom. The van der Waals surface area contributed by atoms with E-state index < -0.39 is 5.92 Å². The molecule has 0 bridgehead atoms. The van der Waals surface area contributed by atoms with Crippen molar-refractivity contribution >= 4 is 11.5 Å². The van der Waals surface area contributed by atoms with E-state index in [1.807, 2.05) is 43.3 Å². The molecule has 0 spiro atoms. The first-order valence-corrected chi connectivity index (χ1v) is 11.4. The second kappa shape index (κ2) is 10.6. The van der Waals surface area contributed by atoms with Crippen LogP contribution in [0.15, 0.2) is 49.1 Å². The smallest absolute Gasteiger partial charge is 0.174 e. The number of anilines is 1. The van der Waals surface area contributed by atoms with Gasteiger partial charge < -0.3 is 10.5 Å². The molecule has 1 saturated heterocycles. The van der Waals surface area contributed by atoms with Gasteiger partial charge in [0, 0.05) is 23.4 Å². The van der Waals surface area contributed by atoms with Gasteiger partial charge in [0.2, 0.25) is 0 Å². The highest BCUT2D eigenvalue weighted by Gasteiger charge is 2.23. The fourth-order valence-electron chi connectivity index (χ4n) is 4.54. The summed E-state index contributed by atoms with van der Waals surface area (Å²) in [5, 5.41) is 0. The summed E-state index contributed by atoms with van der Waals surface area (Å²) in [5.41, 5.74) is 10.4. The summed E-state index contributed by atoms with van der Waals surface area (Å²) in [6.45, 7) is 11.2. The monoisotopic (exact) mass is 420 g/mol. The van der Waals surface area contributed by atoms with E-state index in [4.69, 9.17) is 10.5 Å². The Hall–Kier alpha value is -2.59. The molecule has 1 fully saturated rings. The SMILES string of the molecule is C=CC(C(=O)c1ccc(CN2CCC(CCC)CC2)c(OC)c1)c1ccc(C)c(N)c1. The maximum atomic E-state index is 13.3. The van der Waals surface area contributed by atoms with Crippen LogP contribution in [0.2, 0.25) is 0 Å². The number of aryl methyl sites for hydroxylation is 1. The average Bonchev–Trinajstić information content (AvgIpc) is 2.78. The van der Waals surface area contributed by atoms with Gasteiger partial charge in [-0.25, -0.2) is 0 Å². The van der Waals surface area contributed by atoms with Crippen LogP contribution < -0.4 is 10.5 Å². The highest BCUT2D eigenvalue weighted by Crippen LogP contribution is 2.30. The number of hydrogen-bond acceptors (Lipinski definition) is 4. The molecule has 166 valence electrons. The number of nitrogens with two attached hydrogens (primary N) is 1. The molecule has 4 nitrogen and oxygen atoms in total. The van der Waals surface area contributed by atoms with Gasteiger partial charge in [-0.2, -0.15) is 0 Å². The minimum absolute atomic E-state index is 0.00322. The number of likely N-dealkylation sites (tertiary alicyclic amines) is 1. The zero-order valence-electron chi connectivity index (χ0n) is 19.2. The van der Waals surface area contributed by atoms with Gasteiger partial charge in [0.1, 0.15) is 5.75 Å². The molecule has 0 aromatic heterocycles. The Kier molecular flexibility index (Phi) is 7.91. The van der Waals surface area contributed by atoms with E-state index in [-0.39, 0.29) is 5.78 Å². The number of rotatable bonds is 9. The molecule has 0 saturated carbocycles. The van der Waals surface area contributed by atoms with Crippen LogP contribution in [0, 0.1) is 12.8 Å². The van der Waals surface area contributed by atoms with E-state index in [2.05, 4.69) is 18.4 Å². The lowest BCUT2D eigenvalue weighted by atomic mass is 9.89. The van der Waals surface area contributed by atoms with Crippen molar-refractivity contribution in [1.29, 1.82) is 0 Å². The van der Waals surface area contributed by atoms with Crippen molar-refractivity contribution in [3.8, 4) is 5.75 Å². The third-order valence-corrected chi connectivity index (χ3v) is 6.55. The second-order valence-corrected chi connectivity index (χ2v) is 8.73. The van der Waals surface area contributed by atoms with Gasteiger partial charge in [0.05, 0.1) is 13.0 Å². The molecule has 0 aliphatic carbocycles. The zero-order chi connectivity index (χ0) is 22.4. The number of carbonyl (C=O) groups is 1. The first kappa shape index (κ1) is 23.1. The second-order valence-electron chi connectivity index (χ2n) is 8.73. The van der Waals surface area contributed by atoms with Gasteiger partial charge >= 0.3 is 0 Å². The number of allylic oxidation sites excluding steroid dienone is 1. The van der Waals surface area contributed by atoms with Crippen molar-refractivity contribution in [2.75, 3.05) is 25.9 Å². The lowest BCUT2D eigenvalue weighted by molar-refractivity contribution is 0.0976. The highest BCUT2D eigenvalue weighted by molar-refractivity contribution is 6.02. The molecule has 3 rings (SSSR count). The summed E-state index contributed by atoms with van der Waals surface area (Å²) >= 11 is 0. The first-order valence-electron chi connectivity index (χ1n) is 11.4. The molecule has 1 atom stereocenters. The Morgan fingerprint density at radius 1 is 1.26 bits per heavy atom. The third kappa shape index (κ3) is 5.56. The lowest BCUT2D eigenvalue weighted by Gasteiger charge is -2.32. The first-order chi connectivity index (χ1) is 15.0. The molecular weight excluding hydrogens is 384 g/mol. The number of nitrogen functional groups attached to an aromatic ring is 1. The number of ether oxygens (including phenoxy) is 1. The normalized spacial score (nSPS) is 16.1. The van der Waals surface area contributed by atoms with E-state index in [0.717, 1.165) is 48.0 Å². The number of methoxy groups -OCH3 is 1. The molecule has 1 aliphatic heterocycles. The fraction of sp³-hybridized carbons (Fsp3) is 0.444. The molecule has 2 aromatic carbocycles. The zero-order valence-corrected chi connectivity index (χ0v) is 19.2. The number of piperidine rings is 1. The van der Waals surface area contributed by atoms with E-state index >= 15 is 0 Å². The third-order valence-electron chi connectivity index (χ3n) is 6.55. The lowest BCUT2D eigenvalue weighted by Crippen LogP contribution is -2.33. The summed E-state index contributed by atoms with van der Waals surface area (Å²) in [5.74, 6) is 1.21. The van der Waals surface area contributed by atoms with Gasteiger partial charge in [0.15, 0.2) is 5.78 Å². The van der Waals surface area contributed by atoms with Gasteiger partial charge in [-0.1, -0.05) is 50.1 Å². The maximum Gasteiger partial charge on any atom is 0.174 e. The summed E-state index contributed by atoms with van der Waals surface area (Å²) in [7, 11) is 1.67. The standard InChI is InChI=1S/C27H36N2O2/c1-5-7-20-12-14-29(15-13-20)18-23-11-10-22(17-26(23)31-4)27(30)24(6-2)21-9-8-19(3)25(28)16-21/h6,8-11,16-17,20,24H,2,5,7,12-15,18,28H2,1,3-4H3. The van der Waals surface area contributed by atoms with Crippen LogP contribution in [-0.2, 0) is 6.54 Å². The highest BCUT2D eigenvalue weighted by atomic mass is 16.5. The van der Waals surface area contributed by atoms with Crippen molar-refractivity contribution < 1.29 is 9.53 Å². The molecule has 2 N–H and O–H groups in total. The summed E-state index contributed by atoms with van der Waals surface area (Å²) in [4.78, 5) is 15.8. The van der Waals surface area contributed by atoms with Crippen molar-refractivity contribution in [3.05, 3.63) is 71.3 Å². The van der Waals surface area contributed by atoms with Crippen molar-refractivity contribution in [2.24, 2.45) is 5.92 Å². The number of hydrogen-bond donors (Lipinski definition) is 1. The van der Waals surface area contributed by atoms with E-state index in [1.54, 1.807) is 13.2 Å². The number of benzene rings is 2. The fourth-order valence-corrected chi connectivity index (χ4v) is 4.54. The number of nitrogens with zero attached hydrogens (tertiary/aromatic N) is 1. The van der Waals surface area contributed by atoms with Crippen LogP contribution in [0.3, 0.4) is 0 Å². The molecule has 1 unspecified atom stereocenters. The Bertz CT molecular complexity index is 913. The van der Waals surface area contributed by atoms with Crippen LogP contribution >= 0.6 is 0 Å². The quantitative estimate of drug-likeness (QED) is 0.319. The number of ketones is 1. The minimum atomic E-state index is -0.434. The minimum Gasteiger partial charge on any atom is -0.496 e. The molecule has 1 heterocycles. The molecular formula is C27H36N2O2. The van der Waals surface area contributed by atoms with Crippen molar-refractivity contribution in [2.45, 2.75) is 52.0 Å². The van der Waals surface area contributed by atoms with Gasteiger partial charge in [0.25, 0.3) is 0 Å². The van der Waals surface area contributed by atoms with E-state index in [9.17, 15) is 4.79 Å². The summed E-state index contributed by atoms with van der Waals surface area (Å²) in [6, 6.07) is 11.6. The van der Waals surface area contributed by atoms with Crippen LogP contribution in [0.4, 0.5) is 5.69 Å². The largest absolute Gasteiger partial charge is 0.496 e. The summed E-state index contributed by atoms with van der Waals surface area (Å²) in [6.07, 6.45) is 6.84. The van der Waals surface area contributed by atoms with Gasteiger partial charge in [-0.05, 0) is 62.0 Å². The number of Topliss-reactive ketones (excluding diaryl/α,β-unsaturated/α-hetero) is 1. The van der Waals surface area contributed by atoms with Crippen LogP contribution in [0.25, 0.3) is 0 Å². The van der Waals surface area contributed by atoms with Gasteiger partial charge in [-0.15, -0.1) is 6.58 Å². The molecule has 0 radical (unpaired) electrons.